The summed E-state index contributed by atoms with van der Waals surface area (Å²) in [6, 6.07) is 2.60. The predicted molar refractivity (Wildman–Crippen MR) is 72.0 cm³/mol. The standard InChI is InChI=1S/C15H19N3O2/c1-15(2)7-12-13(14(19)20-15)18(9-17-12)11-5-3-10(8-16)4-6-11/h9-11H,3-7H2,1-2H3/t10-,11-. The second-order valence-electron chi connectivity index (χ2n) is 6.41. The molecule has 3 rings (SSSR count). The molecule has 0 bridgehead atoms. The van der Waals surface area contributed by atoms with Gasteiger partial charge in [-0.3, -0.25) is 0 Å². The van der Waals surface area contributed by atoms with E-state index in [9.17, 15) is 4.79 Å². The summed E-state index contributed by atoms with van der Waals surface area (Å²) >= 11 is 0. The van der Waals surface area contributed by atoms with Gasteiger partial charge >= 0.3 is 5.97 Å². The topological polar surface area (TPSA) is 67.9 Å². The van der Waals surface area contributed by atoms with Crippen LogP contribution in [-0.4, -0.2) is 21.1 Å². The summed E-state index contributed by atoms with van der Waals surface area (Å²) in [7, 11) is 0. The molecular weight excluding hydrogens is 254 g/mol. The SMILES string of the molecule is CC1(C)Cc2ncn([C@H]3CC[C@H](C#N)CC3)c2C(=O)O1. The molecule has 1 aliphatic carbocycles. The van der Waals surface area contributed by atoms with Crippen molar-refractivity contribution in [2.75, 3.05) is 0 Å². The van der Waals surface area contributed by atoms with Gasteiger partial charge in [0, 0.05) is 18.4 Å². The monoisotopic (exact) mass is 273 g/mol. The Morgan fingerprint density at radius 1 is 1.40 bits per heavy atom. The van der Waals surface area contributed by atoms with Crippen LogP contribution < -0.4 is 0 Å². The van der Waals surface area contributed by atoms with E-state index in [0.717, 1.165) is 31.4 Å². The van der Waals surface area contributed by atoms with Gasteiger partial charge in [-0.1, -0.05) is 0 Å². The number of aromatic nitrogens is 2. The van der Waals surface area contributed by atoms with Crippen molar-refractivity contribution in [2.24, 2.45) is 5.92 Å². The molecule has 0 unspecified atom stereocenters. The summed E-state index contributed by atoms with van der Waals surface area (Å²) < 4.78 is 7.45. The Labute approximate surface area is 118 Å². The molecule has 5 heteroatoms. The number of rotatable bonds is 1. The highest BCUT2D eigenvalue weighted by molar-refractivity contribution is 5.90. The number of imidazole rings is 1. The van der Waals surface area contributed by atoms with E-state index in [1.165, 1.54) is 0 Å². The summed E-state index contributed by atoms with van der Waals surface area (Å²) in [6.45, 7) is 3.82. The molecule has 0 saturated heterocycles. The number of hydrogen-bond acceptors (Lipinski definition) is 4. The lowest BCUT2D eigenvalue weighted by Crippen LogP contribution is -2.37. The molecular formula is C15H19N3O2. The normalized spacial score (nSPS) is 28.4. The average Bonchev–Trinajstić information content (AvgIpc) is 2.81. The third kappa shape index (κ3) is 2.20. The Morgan fingerprint density at radius 2 is 2.10 bits per heavy atom. The van der Waals surface area contributed by atoms with Crippen molar-refractivity contribution in [3.8, 4) is 6.07 Å². The first-order valence-electron chi connectivity index (χ1n) is 7.19. The summed E-state index contributed by atoms with van der Waals surface area (Å²) in [5.74, 6) is -0.104. The number of esters is 1. The summed E-state index contributed by atoms with van der Waals surface area (Å²) in [6.07, 6.45) is 6.08. The Bertz CT molecular complexity index is 574. The molecule has 2 aliphatic rings. The molecule has 1 fully saturated rings. The van der Waals surface area contributed by atoms with E-state index in [1.54, 1.807) is 6.33 Å². The molecule has 1 aromatic rings. The Kier molecular flexibility index (Phi) is 3.04. The Balaban J connectivity index is 1.86. The number of nitrogens with zero attached hydrogens (tertiary/aromatic N) is 3. The van der Waals surface area contributed by atoms with Gasteiger partial charge in [0.05, 0.1) is 18.1 Å². The second kappa shape index (κ2) is 4.62. The fourth-order valence-corrected chi connectivity index (χ4v) is 3.25. The molecule has 2 heterocycles. The van der Waals surface area contributed by atoms with Crippen LogP contribution in [0.15, 0.2) is 6.33 Å². The number of hydrogen-bond donors (Lipinski definition) is 0. The first-order chi connectivity index (χ1) is 9.50. The van der Waals surface area contributed by atoms with Crippen molar-refractivity contribution in [3.63, 3.8) is 0 Å². The molecule has 0 spiro atoms. The zero-order chi connectivity index (χ0) is 14.3. The number of ether oxygens (including phenoxy) is 1. The zero-order valence-electron chi connectivity index (χ0n) is 11.9. The molecule has 1 aliphatic heterocycles. The third-order valence-electron chi connectivity index (χ3n) is 4.30. The van der Waals surface area contributed by atoms with E-state index in [1.807, 2.05) is 18.4 Å². The first kappa shape index (κ1) is 13.2. The van der Waals surface area contributed by atoms with E-state index >= 15 is 0 Å². The lowest BCUT2D eigenvalue weighted by Gasteiger charge is -2.31. The number of fused-ring (bicyclic) bond motifs is 1. The highest BCUT2D eigenvalue weighted by Crippen LogP contribution is 2.35. The smallest absolute Gasteiger partial charge is 0.357 e. The second-order valence-corrected chi connectivity index (χ2v) is 6.41. The van der Waals surface area contributed by atoms with Gasteiger partial charge in [-0.25, -0.2) is 9.78 Å². The number of carbonyl (C=O) groups excluding carboxylic acids is 1. The molecule has 0 radical (unpaired) electrons. The van der Waals surface area contributed by atoms with Gasteiger partial charge in [0.2, 0.25) is 0 Å². The molecule has 106 valence electrons. The first-order valence-corrected chi connectivity index (χ1v) is 7.19. The summed E-state index contributed by atoms with van der Waals surface area (Å²) in [4.78, 5) is 16.6. The van der Waals surface area contributed by atoms with Crippen molar-refractivity contribution >= 4 is 5.97 Å². The van der Waals surface area contributed by atoms with Crippen LogP contribution in [0.5, 0.6) is 0 Å². The summed E-state index contributed by atoms with van der Waals surface area (Å²) in [5.41, 5.74) is 0.986. The van der Waals surface area contributed by atoms with Gasteiger partial charge in [0.25, 0.3) is 0 Å². The van der Waals surface area contributed by atoms with Gasteiger partial charge < -0.3 is 9.30 Å². The van der Waals surface area contributed by atoms with Crippen molar-refractivity contribution < 1.29 is 9.53 Å². The molecule has 0 aromatic carbocycles. The van der Waals surface area contributed by atoms with E-state index in [2.05, 4.69) is 11.1 Å². The minimum absolute atomic E-state index is 0.163. The molecule has 0 amide bonds. The van der Waals surface area contributed by atoms with Crippen LogP contribution in [0.4, 0.5) is 0 Å². The van der Waals surface area contributed by atoms with Crippen molar-refractivity contribution in [3.05, 3.63) is 17.7 Å². The van der Waals surface area contributed by atoms with Crippen LogP contribution >= 0.6 is 0 Å². The van der Waals surface area contributed by atoms with Crippen molar-refractivity contribution in [2.45, 2.75) is 57.6 Å². The molecule has 0 atom stereocenters. The van der Waals surface area contributed by atoms with E-state index in [0.29, 0.717) is 12.1 Å². The van der Waals surface area contributed by atoms with Crippen LogP contribution in [0.2, 0.25) is 0 Å². The minimum atomic E-state index is -0.471. The van der Waals surface area contributed by atoms with Crippen LogP contribution in [0, 0.1) is 17.2 Å². The molecule has 1 aromatic heterocycles. The van der Waals surface area contributed by atoms with Gasteiger partial charge in [-0.2, -0.15) is 5.26 Å². The van der Waals surface area contributed by atoms with Gasteiger partial charge in [0.1, 0.15) is 5.60 Å². The maximum absolute atomic E-state index is 12.2. The largest absolute Gasteiger partial charge is 0.455 e. The van der Waals surface area contributed by atoms with Crippen molar-refractivity contribution in [1.29, 1.82) is 5.26 Å². The highest BCUT2D eigenvalue weighted by Gasteiger charge is 2.37. The lowest BCUT2D eigenvalue weighted by atomic mass is 9.86. The van der Waals surface area contributed by atoms with Gasteiger partial charge in [0.15, 0.2) is 5.69 Å². The van der Waals surface area contributed by atoms with Crippen LogP contribution in [0.1, 0.15) is 61.8 Å². The number of nitriles is 1. The van der Waals surface area contributed by atoms with Crippen LogP contribution in [0.3, 0.4) is 0 Å². The van der Waals surface area contributed by atoms with E-state index < -0.39 is 5.60 Å². The third-order valence-corrected chi connectivity index (χ3v) is 4.30. The summed E-state index contributed by atoms with van der Waals surface area (Å²) in [5, 5.41) is 8.96. The maximum atomic E-state index is 12.2. The van der Waals surface area contributed by atoms with E-state index in [-0.39, 0.29) is 17.9 Å². The maximum Gasteiger partial charge on any atom is 0.357 e. The number of carbonyl (C=O) groups is 1. The molecule has 20 heavy (non-hydrogen) atoms. The minimum Gasteiger partial charge on any atom is -0.455 e. The Morgan fingerprint density at radius 3 is 2.75 bits per heavy atom. The van der Waals surface area contributed by atoms with Crippen LogP contribution in [0.25, 0.3) is 0 Å². The molecule has 5 nitrogen and oxygen atoms in total. The fraction of sp³-hybridized carbons (Fsp3) is 0.667. The fourth-order valence-electron chi connectivity index (χ4n) is 3.25. The highest BCUT2D eigenvalue weighted by atomic mass is 16.6. The predicted octanol–water partition coefficient (Wildman–Crippen LogP) is 2.63. The lowest BCUT2D eigenvalue weighted by molar-refractivity contribution is -0.00869. The quantitative estimate of drug-likeness (QED) is 0.738. The van der Waals surface area contributed by atoms with Crippen molar-refractivity contribution in [1.82, 2.24) is 9.55 Å². The molecule has 0 N–H and O–H groups in total. The van der Waals surface area contributed by atoms with Gasteiger partial charge in [-0.05, 0) is 39.5 Å². The van der Waals surface area contributed by atoms with Gasteiger partial charge in [-0.15, -0.1) is 0 Å². The zero-order valence-corrected chi connectivity index (χ0v) is 11.9. The number of cyclic esters (lactones) is 1. The molecule has 1 saturated carbocycles. The van der Waals surface area contributed by atoms with Crippen LogP contribution in [-0.2, 0) is 11.2 Å². The average molecular weight is 273 g/mol. The van der Waals surface area contributed by atoms with E-state index in [4.69, 9.17) is 10.00 Å². The Hall–Kier alpha value is -1.83.